The van der Waals surface area contributed by atoms with Crippen molar-refractivity contribution in [2.24, 2.45) is 0 Å². The van der Waals surface area contributed by atoms with Gasteiger partial charge in [-0.15, -0.1) is 0 Å². The predicted molar refractivity (Wildman–Crippen MR) is 89.8 cm³/mol. The van der Waals surface area contributed by atoms with Crippen molar-refractivity contribution in [2.45, 2.75) is 96.4 Å². The second-order valence-corrected chi connectivity index (χ2v) is 6.00. The number of rotatable bonds is 16. The number of unbranched alkanes of at least 4 members (excludes halogenated alkanes) is 10. The summed E-state index contributed by atoms with van der Waals surface area (Å²) in [6.45, 7) is 2.24. The maximum Gasteiger partial charge on any atom is 0.220 e. The molecule has 0 heterocycles. The van der Waals surface area contributed by atoms with E-state index in [0.717, 1.165) is 12.8 Å². The van der Waals surface area contributed by atoms with Crippen LogP contribution in [0.2, 0.25) is 0 Å². The molecule has 0 radical (unpaired) electrons. The maximum absolute atomic E-state index is 11.6. The summed E-state index contributed by atoms with van der Waals surface area (Å²) in [6, 6.07) is -0.655. The van der Waals surface area contributed by atoms with Crippen molar-refractivity contribution in [1.29, 1.82) is 0 Å². The molecule has 1 N–H and O–H groups in total. The Balaban J connectivity index is 3.33. The minimum Gasteiger partial charge on any atom is -0.346 e. The van der Waals surface area contributed by atoms with Crippen LogP contribution in [-0.2, 0) is 14.4 Å². The van der Waals surface area contributed by atoms with Crippen LogP contribution in [0.4, 0.5) is 0 Å². The third kappa shape index (κ3) is 13.8. The number of hydrogen-bond donors (Lipinski definition) is 1. The predicted octanol–water partition coefficient (Wildman–Crippen LogP) is 3.96. The Hall–Kier alpha value is -1.19. The van der Waals surface area contributed by atoms with Crippen LogP contribution in [-0.4, -0.2) is 24.5 Å². The normalized spacial score (nSPS) is 11.9. The molecule has 1 amide bonds. The maximum atomic E-state index is 11.6. The van der Waals surface area contributed by atoms with Gasteiger partial charge in [0.15, 0.2) is 0 Å². The fraction of sp³-hybridized carbons (Fsp3) is 0.833. The van der Waals surface area contributed by atoms with E-state index < -0.39 is 6.04 Å². The first kappa shape index (κ1) is 20.8. The molecule has 22 heavy (non-hydrogen) atoms. The Labute approximate surface area is 135 Å². The fourth-order valence-electron chi connectivity index (χ4n) is 2.48. The average molecular weight is 311 g/mol. The van der Waals surface area contributed by atoms with Crippen molar-refractivity contribution < 1.29 is 14.4 Å². The molecule has 0 spiro atoms. The Morgan fingerprint density at radius 1 is 0.864 bits per heavy atom. The smallest absolute Gasteiger partial charge is 0.220 e. The van der Waals surface area contributed by atoms with E-state index in [4.69, 9.17) is 0 Å². The van der Waals surface area contributed by atoms with Crippen molar-refractivity contribution >= 4 is 18.5 Å². The molecular weight excluding hydrogens is 278 g/mol. The molecule has 0 saturated carbocycles. The van der Waals surface area contributed by atoms with E-state index in [9.17, 15) is 14.4 Å². The van der Waals surface area contributed by atoms with Crippen LogP contribution in [0.1, 0.15) is 90.4 Å². The molecule has 0 aliphatic carbocycles. The molecule has 0 aliphatic heterocycles. The molecular formula is C18H33NO3. The van der Waals surface area contributed by atoms with Gasteiger partial charge in [-0.2, -0.15) is 0 Å². The lowest BCUT2D eigenvalue weighted by molar-refractivity contribution is -0.124. The van der Waals surface area contributed by atoms with Crippen molar-refractivity contribution in [3.8, 4) is 0 Å². The molecule has 1 atom stereocenters. The summed E-state index contributed by atoms with van der Waals surface area (Å²) in [7, 11) is 0. The van der Waals surface area contributed by atoms with Crippen molar-refractivity contribution in [3.05, 3.63) is 0 Å². The summed E-state index contributed by atoms with van der Waals surface area (Å²) in [5.74, 6) is -0.130. The highest BCUT2D eigenvalue weighted by Gasteiger charge is 2.09. The van der Waals surface area contributed by atoms with Crippen molar-refractivity contribution in [1.82, 2.24) is 5.32 Å². The van der Waals surface area contributed by atoms with Gasteiger partial charge in [0.25, 0.3) is 0 Å². The second kappa shape index (κ2) is 16.2. The van der Waals surface area contributed by atoms with Gasteiger partial charge in [0.1, 0.15) is 12.6 Å². The van der Waals surface area contributed by atoms with Crippen LogP contribution in [0, 0.1) is 0 Å². The average Bonchev–Trinajstić information content (AvgIpc) is 2.52. The quantitative estimate of drug-likeness (QED) is 0.346. The number of carbonyl (C=O) groups excluding carboxylic acids is 3. The van der Waals surface area contributed by atoms with Gasteiger partial charge in [-0.05, 0) is 6.42 Å². The Morgan fingerprint density at radius 3 is 1.82 bits per heavy atom. The summed E-state index contributed by atoms with van der Waals surface area (Å²) in [5, 5.41) is 2.56. The zero-order valence-electron chi connectivity index (χ0n) is 14.1. The van der Waals surface area contributed by atoms with E-state index in [1.807, 2.05) is 0 Å². The summed E-state index contributed by atoms with van der Waals surface area (Å²) in [5.41, 5.74) is 0. The fourth-order valence-corrected chi connectivity index (χ4v) is 2.48. The van der Waals surface area contributed by atoms with Gasteiger partial charge in [-0.3, -0.25) is 4.79 Å². The first-order valence-electron chi connectivity index (χ1n) is 8.92. The highest BCUT2D eigenvalue weighted by Crippen LogP contribution is 2.11. The molecule has 0 aliphatic rings. The highest BCUT2D eigenvalue weighted by molar-refractivity contribution is 5.80. The number of amides is 1. The van der Waals surface area contributed by atoms with Gasteiger partial charge in [0, 0.05) is 12.8 Å². The molecule has 0 aromatic heterocycles. The molecule has 0 bridgehead atoms. The molecule has 0 unspecified atom stereocenters. The van der Waals surface area contributed by atoms with E-state index >= 15 is 0 Å². The zero-order chi connectivity index (χ0) is 16.5. The lowest BCUT2D eigenvalue weighted by atomic mass is 10.1. The summed E-state index contributed by atoms with van der Waals surface area (Å²) >= 11 is 0. The lowest BCUT2D eigenvalue weighted by Gasteiger charge is -2.09. The summed E-state index contributed by atoms with van der Waals surface area (Å²) in [4.78, 5) is 32.5. The number of hydrogen-bond acceptors (Lipinski definition) is 3. The van der Waals surface area contributed by atoms with Crippen LogP contribution < -0.4 is 5.32 Å². The Bertz CT molecular complexity index is 292. The molecule has 128 valence electrons. The number of nitrogens with one attached hydrogen (secondary N) is 1. The summed E-state index contributed by atoms with van der Waals surface area (Å²) < 4.78 is 0. The van der Waals surface area contributed by atoms with Crippen LogP contribution in [0.3, 0.4) is 0 Å². The Morgan fingerprint density at radius 2 is 1.36 bits per heavy atom. The SMILES string of the molecule is CCCCCCCCCCCCCC(=O)N[C@@H](C=O)CC=O. The van der Waals surface area contributed by atoms with E-state index in [1.165, 1.54) is 57.8 Å². The minimum absolute atomic E-state index is 0.0630. The lowest BCUT2D eigenvalue weighted by Crippen LogP contribution is -2.36. The van der Waals surface area contributed by atoms with E-state index in [0.29, 0.717) is 19.0 Å². The van der Waals surface area contributed by atoms with E-state index in [1.54, 1.807) is 0 Å². The summed E-state index contributed by atoms with van der Waals surface area (Å²) in [6.07, 6.45) is 15.5. The topological polar surface area (TPSA) is 63.2 Å². The van der Waals surface area contributed by atoms with Gasteiger partial charge < -0.3 is 14.9 Å². The molecule has 0 saturated heterocycles. The van der Waals surface area contributed by atoms with Gasteiger partial charge in [-0.1, -0.05) is 71.1 Å². The third-order valence-electron chi connectivity index (χ3n) is 3.87. The standard InChI is InChI=1S/C18H33NO3/c1-2-3-4-5-6-7-8-9-10-11-12-13-18(22)19-17(16-21)14-15-20/h15-17H,2-14H2,1H3,(H,19,22)/t17-/m1/s1. The third-order valence-corrected chi connectivity index (χ3v) is 3.87. The molecule has 0 aromatic rings. The second-order valence-electron chi connectivity index (χ2n) is 6.00. The largest absolute Gasteiger partial charge is 0.346 e. The van der Waals surface area contributed by atoms with Crippen LogP contribution in [0.25, 0.3) is 0 Å². The number of aldehydes is 2. The van der Waals surface area contributed by atoms with E-state index in [2.05, 4.69) is 12.2 Å². The zero-order valence-corrected chi connectivity index (χ0v) is 14.1. The Kier molecular flexibility index (Phi) is 15.3. The number of carbonyl (C=O) groups is 3. The molecule has 0 aromatic carbocycles. The van der Waals surface area contributed by atoms with Gasteiger partial charge >= 0.3 is 0 Å². The van der Waals surface area contributed by atoms with Gasteiger partial charge in [0.2, 0.25) is 5.91 Å². The van der Waals surface area contributed by atoms with Crippen molar-refractivity contribution in [2.75, 3.05) is 0 Å². The van der Waals surface area contributed by atoms with Crippen LogP contribution >= 0.6 is 0 Å². The van der Waals surface area contributed by atoms with Crippen molar-refractivity contribution in [3.63, 3.8) is 0 Å². The van der Waals surface area contributed by atoms with E-state index in [-0.39, 0.29) is 12.3 Å². The van der Waals surface area contributed by atoms with Crippen LogP contribution in [0.5, 0.6) is 0 Å². The molecule has 0 rings (SSSR count). The monoisotopic (exact) mass is 311 g/mol. The first-order chi connectivity index (χ1) is 10.7. The van der Waals surface area contributed by atoms with Crippen LogP contribution in [0.15, 0.2) is 0 Å². The highest BCUT2D eigenvalue weighted by atomic mass is 16.2. The minimum atomic E-state index is -0.655. The van der Waals surface area contributed by atoms with Gasteiger partial charge in [0.05, 0.1) is 6.04 Å². The molecule has 4 heteroatoms. The molecule has 0 fully saturated rings. The molecule has 4 nitrogen and oxygen atoms in total. The van der Waals surface area contributed by atoms with Gasteiger partial charge in [-0.25, -0.2) is 0 Å². The first-order valence-corrected chi connectivity index (χ1v) is 8.92.